The Morgan fingerprint density at radius 2 is 1.89 bits per heavy atom. The average molecular weight is 271 g/mol. The van der Waals surface area contributed by atoms with Crippen LogP contribution in [0.15, 0.2) is 0 Å². The first-order chi connectivity index (χ1) is 8.93. The van der Waals surface area contributed by atoms with Gasteiger partial charge in [-0.1, -0.05) is 0 Å². The summed E-state index contributed by atoms with van der Waals surface area (Å²) >= 11 is 0. The van der Waals surface area contributed by atoms with Gasteiger partial charge in [0.1, 0.15) is 0 Å². The van der Waals surface area contributed by atoms with Gasteiger partial charge in [-0.2, -0.15) is 0 Å². The normalized spacial score (nSPS) is 25.7. The maximum atomic E-state index is 12.5. The zero-order valence-corrected chi connectivity index (χ0v) is 13.4. The maximum Gasteiger partial charge on any atom is 0.280 e. The van der Waals surface area contributed by atoms with Crippen LogP contribution in [0.5, 0.6) is 0 Å². The van der Waals surface area contributed by atoms with Crippen LogP contribution in [0.2, 0.25) is 0 Å². The topological polar surface area (TPSA) is 41.4 Å². The highest BCUT2D eigenvalue weighted by Crippen LogP contribution is 2.22. The van der Waals surface area contributed by atoms with Gasteiger partial charge in [0.25, 0.3) is 5.91 Å². The Labute approximate surface area is 118 Å². The molecule has 1 heterocycles. The first-order valence-electron chi connectivity index (χ1n) is 7.88. The fourth-order valence-electron chi connectivity index (χ4n) is 3.02. The van der Waals surface area contributed by atoms with E-state index in [0.717, 1.165) is 19.4 Å². The van der Waals surface area contributed by atoms with Crippen molar-refractivity contribution in [2.24, 2.45) is 0 Å². The lowest BCUT2D eigenvalue weighted by atomic mass is 9.96. The Kier molecular flexibility index (Phi) is 6.80. The number of piperidine rings is 1. The molecule has 1 saturated heterocycles. The number of carbonyl (C=O) groups is 1. The lowest BCUT2D eigenvalue weighted by Crippen LogP contribution is -3.06. The van der Waals surface area contributed by atoms with Gasteiger partial charge >= 0.3 is 0 Å². The molecule has 0 aliphatic carbocycles. The second kappa shape index (κ2) is 7.85. The molecule has 19 heavy (non-hydrogen) atoms. The van der Waals surface area contributed by atoms with E-state index in [4.69, 9.17) is 0 Å². The quantitative estimate of drug-likeness (QED) is 0.614. The smallest absolute Gasteiger partial charge is 0.280 e. The molecule has 4 nitrogen and oxygen atoms in total. The minimum absolute atomic E-state index is 0.0696. The number of amides is 1. The monoisotopic (exact) mass is 271 g/mol. The van der Waals surface area contributed by atoms with Crippen LogP contribution in [-0.4, -0.2) is 56.1 Å². The van der Waals surface area contributed by atoms with Crippen LogP contribution in [0, 0.1) is 0 Å². The molecule has 1 aliphatic heterocycles. The lowest BCUT2D eigenvalue weighted by Gasteiger charge is -2.39. The van der Waals surface area contributed by atoms with Crippen LogP contribution in [-0.2, 0) is 4.79 Å². The van der Waals surface area contributed by atoms with Crippen molar-refractivity contribution < 1.29 is 15.0 Å². The molecule has 0 radical (unpaired) electrons. The van der Waals surface area contributed by atoms with Gasteiger partial charge in [0.15, 0.2) is 6.04 Å². The molecule has 0 saturated carbocycles. The Morgan fingerprint density at radius 3 is 2.42 bits per heavy atom. The van der Waals surface area contributed by atoms with Crippen LogP contribution < -0.4 is 10.2 Å². The Morgan fingerprint density at radius 1 is 1.32 bits per heavy atom. The molecule has 0 bridgehead atoms. The zero-order valence-electron chi connectivity index (χ0n) is 13.4. The molecule has 3 atom stereocenters. The molecule has 0 aromatic heterocycles. The van der Waals surface area contributed by atoms with E-state index in [1.54, 1.807) is 0 Å². The molecule has 0 aromatic carbocycles. The summed E-state index contributed by atoms with van der Waals surface area (Å²) < 4.78 is 0. The summed E-state index contributed by atoms with van der Waals surface area (Å²) in [4.78, 5) is 16.1. The van der Waals surface area contributed by atoms with Crippen LogP contribution >= 0.6 is 0 Å². The van der Waals surface area contributed by atoms with Crippen molar-refractivity contribution >= 4 is 5.91 Å². The molecule has 112 valence electrons. The van der Waals surface area contributed by atoms with Gasteiger partial charge in [0.2, 0.25) is 0 Å². The summed E-state index contributed by atoms with van der Waals surface area (Å²) in [5, 5.41) is 2.21. The molecule has 0 unspecified atom stereocenters. The van der Waals surface area contributed by atoms with E-state index >= 15 is 0 Å². The fraction of sp³-hybridized carbons (Fsp3) is 0.933. The SMILES string of the molecule is C[C@@H]([NH2+]CCC[NH+](C)C)C(=O)N1[C@@H](C)CCC[C@@H]1C. The number of hydrogen-bond donors (Lipinski definition) is 2. The zero-order chi connectivity index (χ0) is 14.4. The van der Waals surface area contributed by atoms with Crippen LogP contribution in [0.3, 0.4) is 0 Å². The molecule has 1 fully saturated rings. The number of nitrogens with one attached hydrogen (secondary N) is 1. The van der Waals surface area contributed by atoms with Crippen molar-refractivity contribution in [2.75, 3.05) is 27.2 Å². The summed E-state index contributed by atoms with van der Waals surface area (Å²) in [6.45, 7) is 8.66. The highest BCUT2D eigenvalue weighted by atomic mass is 16.2. The molecule has 1 aliphatic rings. The van der Waals surface area contributed by atoms with Crippen molar-refractivity contribution in [1.82, 2.24) is 4.90 Å². The van der Waals surface area contributed by atoms with E-state index in [1.165, 1.54) is 24.3 Å². The lowest BCUT2D eigenvalue weighted by molar-refractivity contribution is -0.860. The summed E-state index contributed by atoms with van der Waals surface area (Å²) in [6.07, 6.45) is 4.75. The molecule has 0 aromatic rings. The highest BCUT2D eigenvalue weighted by molar-refractivity contribution is 5.80. The molecular weight excluding hydrogens is 238 g/mol. The number of hydrogen-bond acceptors (Lipinski definition) is 1. The second-order valence-corrected chi connectivity index (χ2v) is 6.50. The van der Waals surface area contributed by atoms with Gasteiger partial charge in [-0.15, -0.1) is 0 Å². The predicted molar refractivity (Wildman–Crippen MR) is 78.2 cm³/mol. The number of rotatable bonds is 6. The van der Waals surface area contributed by atoms with Crippen molar-refractivity contribution in [3.63, 3.8) is 0 Å². The Bertz CT molecular complexity index is 271. The highest BCUT2D eigenvalue weighted by Gasteiger charge is 2.32. The largest absolute Gasteiger partial charge is 0.340 e. The second-order valence-electron chi connectivity index (χ2n) is 6.50. The van der Waals surface area contributed by atoms with Crippen molar-refractivity contribution in [3.8, 4) is 0 Å². The van der Waals surface area contributed by atoms with Crippen LogP contribution in [0.4, 0.5) is 0 Å². The minimum Gasteiger partial charge on any atom is -0.340 e. The van der Waals surface area contributed by atoms with E-state index in [9.17, 15) is 4.79 Å². The van der Waals surface area contributed by atoms with Gasteiger partial charge in [-0.3, -0.25) is 4.79 Å². The Balaban J connectivity index is 2.38. The van der Waals surface area contributed by atoms with Crippen molar-refractivity contribution in [3.05, 3.63) is 0 Å². The van der Waals surface area contributed by atoms with E-state index in [2.05, 4.69) is 45.1 Å². The van der Waals surface area contributed by atoms with Crippen LogP contribution in [0.1, 0.15) is 46.5 Å². The van der Waals surface area contributed by atoms with Gasteiger partial charge in [0.05, 0.1) is 27.2 Å². The summed E-state index contributed by atoms with van der Waals surface area (Å²) in [7, 11) is 4.34. The van der Waals surface area contributed by atoms with Crippen molar-refractivity contribution in [2.45, 2.75) is 64.6 Å². The van der Waals surface area contributed by atoms with E-state index in [1.807, 2.05) is 0 Å². The van der Waals surface area contributed by atoms with Gasteiger partial charge in [-0.25, -0.2) is 0 Å². The maximum absolute atomic E-state index is 12.5. The van der Waals surface area contributed by atoms with Gasteiger partial charge in [-0.05, 0) is 40.0 Å². The molecule has 0 spiro atoms. The summed E-state index contributed by atoms with van der Waals surface area (Å²) in [5.41, 5.74) is 0. The number of carbonyl (C=O) groups excluding carboxylic acids is 1. The average Bonchev–Trinajstić information content (AvgIpc) is 2.33. The molecule has 1 amide bonds. The van der Waals surface area contributed by atoms with Gasteiger partial charge < -0.3 is 15.1 Å². The summed E-state index contributed by atoms with van der Waals surface area (Å²) in [5.74, 6) is 0.330. The van der Waals surface area contributed by atoms with Gasteiger partial charge in [0, 0.05) is 18.5 Å². The number of nitrogens with two attached hydrogens (primary N) is 1. The first kappa shape index (κ1) is 16.4. The molecule has 3 N–H and O–H groups in total. The van der Waals surface area contributed by atoms with Crippen molar-refractivity contribution in [1.29, 1.82) is 0 Å². The van der Waals surface area contributed by atoms with Crippen LogP contribution in [0.25, 0.3) is 0 Å². The predicted octanol–water partition coefficient (Wildman–Crippen LogP) is -0.738. The fourth-order valence-corrected chi connectivity index (χ4v) is 3.02. The third-order valence-corrected chi connectivity index (χ3v) is 4.24. The third-order valence-electron chi connectivity index (χ3n) is 4.24. The standard InChI is InChI=1S/C15H31N3O/c1-12-8-6-9-13(2)18(12)15(19)14(3)16-10-7-11-17(4)5/h12-14,16H,6-11H2,1-5H3/p+2/t12-,13-,14+/m0/s1. The third kappa shape index (κ3) is 5.11. The minimum atomic E-state index is 0.0696. The molecule has 1 rings (SSSR count). The molecule has 4 heteroatoms. The number of likely N-dealkylation sites (tertiary alicyclic amines) is 1. The Hall–Kier alpha value is -0.610. The molecular formula is C15H33N3O+2. The summed E-state index contributed by atoms with van der Waals surface area (Å²) in [6, 6.07) is 0.900. The first-order valence-corrected chi connectivity index (χ1v) is 7.88. The number of quaternary nitrogens is 2. The van der Waals surface area contributed by atoms with E-state index in [-0.39, 0.29) is 6.04 Å². The van der Waals surface area contributed by atoms with E-state index < -0.39 is 0 Å². The van der Waals surface area contributed by atoms with E-state index in [0.29, 0.717) is 18.0 Å². The number of nitrogens with zero attached hydrogens (tertiary/aromatic N) is 1.